The van der Waals surface area contributed by atoms with Gasteiger partial charge in [0.1, 0.15) is 6.33 Å². The zero-order valence-electron chi connectivity index (χ0n) is 11.4. The van der Waals surface area contributed by atoms with Crippen molar-refractivity contribution < 1.29 is 9.90 Å². The van der Waals surface area contributed by atoms with Crippen molar-refractivity contribution >= 4 is 22.9 Å². The predicted molar refractivity (Wildman–Crippen MR) is 82.7 cm³/mol. The molecule has 0 aliphatic rings. The molecule has 0 amide bonds. The first-order valence-corrected chi connectivity index (χ1v) is 7.33. The number of pyridine rings is 1. The van der Waals surface area contributed by atoms with E-state index in [1.54, 1.807) is 18.5 Å². The molecule has 6 nitrogen and oxygen atoms in total. The number of aromatic amines is 1. The fraction of sp³-hybridized carbons (Fsp3) is 0.0667. The van der Waals surface area contributed by atoms with Crippen LogP contribution in [0.5, 0.6) is 0 Å². The number of carbonyl (C=O) groups excluding carboxylic acids is 1. The summed E-state index contributed by atoms with van der Waals surface area (Å²) in [5, 5.41) is 16.0. The third-order valence-electron chi connectivity index (χ3n) is 2.94. The van der Waals surface area contributed by atoms with Crippen molar-refractivity contribution in [2.45, 2.75) is 6.42 Å². The molecule has 0 aliphatic carbocycles. The predicted octanol–water partition coefficient (Wildman–Crippen LogP) is 2.63. The Bertz CT molecular complexity index is 794. The van der Waals surface area contributed by atoms with Gasteiger partial charge in [-0.2, -0.15) is 5.10 Å². The molecule has 0 radical (unpaired) electrons. The molecule has 0 saturated carbocycles. The lowest BCUT2D eigenvalue weighted by Gasteiger charge is -1.96. The smallest absolute Gasteiger partial charge is 0.215 e. The Morgan fingerprint density at radius 3 is 2.82 bits per heavy atom. The first kappa shape index (κ1) is 14.2. The van der Waals surface area contributed by atoms with Crippen LogP contribution in [-0.4, -0.2) is 31.1 Å². The van der Waals surface area contributed by atoms with E-state index in [1.165, 1.54) is 17.7 Å². The van der Waals surface area contributed by atoms with Crippen molar-refractivity contribution in [3.05, 3.63) is 70.2 Å². The van der Waals surface area contributed by atoms with Crippen LogP contribution in [0.4, 0.5) is 0 Å². The lowest BCUT2D eigenvalue weighted by molar-refractivity contribution is 0.104. The number of carbonyl (C=O) groups is 1. The summed E-state index contributed by atoms with van der Waals surface area (Å²) >= 11 is 1.40. The molecule has 3 aromatic rings. The van der Waals surface area contributed by atoms with Crippen LogP contribution in [0.25, 0.3) is 5.76 Å². The third kappa shape index (κ3) is 3.26. The van der Waals surface area contributed by atoms with Gasteiger partial charge in [0.05, 0.1) is 4.88 Å². The highest BCUT2D eigenvalue weighted by Crippen LogP contribution is 2.21. The maximum absolute atomic E-state index is 12.1. The molecule has 0 fully saturated rings. The Labute approximate surface area is 130 Å². The molecule has 110 valence electrons. The molecule has 2 N–H and O–H groups in total. The maximum atomic E-state index is 12.1. The molecule has 0 aromatic carbocycles. The number of thiophene rings is 1. The summed E-state index contributed by atoms with van der Waals surface area (Å²) in [5.74, 6) is -0.425. The van der Waals surface area contributed by atoms with E-state index < -0.39 is 0 Å². The van der Waals surface area contributed by atoms with Gasteiger partial charge < -0.3 is 5.11 Å². The van der Waals surface area contributed by atoms with Crippen molar-refractivity contribution in [2.75, 3.05) is 0 Å². The van der Waals surface area contributed by atoms with Gasteiger partial charge in [0.2, 0.25) is 5.82 Å². The van der Waals surface area contributed by atoms with Gasteiger partial charge in [-0.25, -0.2) is 4.98 Å². The summed E-state index contributed by atoms with van der Waals surface area (Å²) in [5.41, 5.74) is 1.13. The standard InChI is InChI=1S/C15H12N4O2S/c20-12(8-13(21)15-17-9-18-19-15)14-2-1-11(22-14)7-10-3-5-16-6-4-10/h1-6,8-9,21H,7H2,(H,17,18,19). The van der Waals surface area contributed by atoms with Crippen LogP contribution >= 0.6 is 11.3 Å². The number of aromatic nitrogens is 4. The Morgan fingerprint density at radius 1 is 1.27 bits per heavy atom. The minimum absolute atomic E-state index is 0.0990. The van der Waals surface area contributed by atoms with Gasteiger partial charge in [0.25, 0.3) is 0 Å². The Hall–Kier alpha value is -2.80. The van der Waals surface area contributed by atoms with E-state index in [9.17, 15) is 9.90 Å². The minimum atomic E-state index is -0.270. The highest BCUT2D eigenvalue weighted by atomic mass is 32.1. The number of aliphatic hydroxyl groups excluding tert-OH is 1. The van der Waals surface area contributed by atoms with E-state index in [0.717, 1.165) is 22.9 Å². The summed E-state index contributed by atoms with van der Waals surface area (Å²) < 4.78 is 0. The van der Waals surface area contributed by atoms with Gasteiger partial charge in [0, 0.05) is 29.8 Å². The van der Waals surface area contributed by atoms with Gasteiger partial charge in [-0.15, -0.1) is 11.3 Å². The average molecular weight is 312 g/mol. The van der Waals surface area contributed by atoms with Crippen LogP contribution in [0.2, 0.25) is 0 Å². The first-order chi connectivity index (χ1) is 10.7. The van der Waals surface area contributed by atoms with Crippen LogP contribution in [-0.2, 0) is 6.42 Å². The number of ketones is 1. The van der Waals surface area contributed by atoms with Crippen molar-refractivity contribution in [1.29, 1.82) is 0 Å². The van der Waals surface area contributed by atoms with E-state index in [0.29, 0.717) is 4.88 Å². The van der Waals surface area contributed by atoms with Crippen LogP contribution in [0.1, 0.15) is 25.9 Å². The van der Waals surface area contributed by atoms with Crippen LogP contribution in [0.3, 0.4) is 0 Å². The molecule has 22 heavy (non-hydrogen) atoms. The normalized spacial score (nSPS) is 11.5. The van der Waals surface area contributed by atoms with Gasteiger partial charge in [-0.1, -0.05) is 0 Å². The molecular weight excluding hydrogens is 300 g/mol. The maximum Gasteiger partial charge on any atom is 0.215 e. The lowest BCUT2D eigenvalue weighted by atomic mass is 10.2. The highest BCUT2D eigenvalue weighted by Gasteiger charge is 2.11. The average Bonchev–Trinajstić information content (AvgIpc) is 3.19. The van der Waals surface area contributed by atoms with Crippen molar-refractivity contribution in [1.82, 2.24) is 20.2 Å². The molecule has 0 unspecified atom stereocenters. The molecule has 0 atom stereocenters. The second-order valence-electron chi connectivity index (χ2n) is 4.51. The quantitative estimate of drug-likeness (QED) is 0.429. The molecule has 3 rings (SSSR count). The summed E-state index contributed by atoms with van der Waals surface area (Å²) in [6.45, 7) is 0. The van der Waals surface area contributed by atoms with Gasteiger partial charge >= 0.3 is 0 Å². The molecule has 0 aliphatic heterocycles. The van der Waals surface area contributed by atoms with E-state index in [-0.39, 0.29) is 17.4 Å². The molecule has 7 heteroatoms. The van der Waals surface area contributed by atoms with E-state index in [1.807, 2.05) is 18.2 Å². The van der Waals surface area contributed by atoms with Crippen LogP contribution in [0.15, 0.2) is 49.1 Å². The third-order valence-corrected chi connectivity index (χ3v) is 4.04. The topological polar surface area (TPSA) is 91.8 Å². The number of hydrogen-bond acceptors (Lipinski definition) is 6. The van der Waals surface area contributed by atoms with Gasteiger partial charge in [0.15, 0.2) is 11.5 Å². The fourth-order valence-electron chi connectivity index (χ4n) is 1.90. The number of aliphatic hydroxyl groups is 1. The van der Waals surface area contributed by atoms with Gasteiger partial charge in [-0.05, 0) is 29.8 Å². The lowest BCUT2D eigenvalue weighted by Crippen LogP contribution is -1.94. The molecule has 0 saturated heterocycles. The van der Waals surface area contributed by atoms with Crippen molar-refractivity contribution in [3.8, 4) is 0 Å². The largest absolute Gasteiger partial charge is 0.504 e. The number of hydrogen-bond donors (Lipinski definition) is 2. The summed E-state index contributed by atoms with van der Waals surface area (Å²) in [6.07, 6.45) is 6.70. The van der Waals surface area contributed by atoms with Gasteiger partial charge in [-0.3, -0.25) is 14.9 Å². The monoisotopic (exact) mass is 312 g/mol. The second-order valence-corrected chi connectivity index (χ2v) is 5.68. The molecule has 0 spiro atoms. The second kappa shape index (κ2) is 6.31. The number of H-pyrrole nitrogens is 1. The number of allylic oxidation sites excluding steroid dienone is 1. The number of nitrogens with zero attached hydrogens (tertiary/aromatic N) is 3. The van der Waals surface area contributed by atoms with Crippen LogP contribution < -0.4 is 0 Å². The molecule has 3 heterocycles. The summed E-state index contributed by atoms with van der Waals surface area (Å²) in [4.78, 5) is 21.5. The van der Waals surface area contributed by atoms with E-state index in [4.69, 9.17) is 0 Å². The summed E-state index contributed by atoms with van der Waals surface area (Å²) in [7, 11) is 0. The number of rotatable bonds is 5. The minimum Gasteiger partial charge on any atom is -0.504 e. The van der Waals surface area contributed by atoms with Crippen molar-refractivity contribution in [2.24, 2.45) is 0 Å². The summed E-state index contributed by atoms with van der Waals surface area (Å²) in [6, 6.07) is 7.55. The molecule has 0 bridgehead atoms. The number of nitrogens with one attached hydrogen (secondary N) is 1. The Kier molecular flexibility index (Phi) is 4.06. The van der Waals surface area contributed by atoms with Crippen molar-refractivity contribution in [3.63, 3.8) is 0 Å². The van der Waals surface area contributed by atoms with Crippen LogP contribution in [0, 0.1) is 0 Å². The van der Waals surface area contributed by atoms with E-state index >= 15 is 0 Å². The molecule has 3 aromatic heterocycles. The zero-order valence-corrected chi connectivity index (χ0v) is 12.2. The highest BCUT2D eigenvalue weighted by molar-refractivity contribution is 7.14. The molecular formula is C15H12N4O2S. The Morgan fingerprint density at radius 2 is 2.09 bits per heavy atom. The van der Waals surface area contributed by atoms with E-state index in [2.05, 4.69) is 20.2 Å². The fourth-order valence-corrected chi connectivity index (χ4v) is 2.85. The zero-order chi connectivity index (χ0) is 15.4. The Balaban J connectivity index is 1.73. The first-order valence-electron chi connectivity index (χ1n) is 6.51. The SMILES string of the molecule is O=C(C=C(O)c1nc[nH]n1)c1ccc(Cc2ccncc2)s1.